The number of halogens is 2. The number of hydrogen-bond donors (Lipinski definition) is 5. The number of nitrogens with one attached hydrogen (secondary N) is 2. The molecule has 0 amide bonds. The van der Waals surface area contributed by atoms with Crippen LogP contribution in [0.15, 0.2) is 23.3 Å². The minimum absolute atomic E-state index is 0.246. The molecular formula is C8H10Cl2N4O4S. The highest BCUT2D eigenvalue weighted by Crippen LogP contribution is 2.21. The first-order chi connectivity index (χ1) is 8.61. The Morgan fingerprint density at radius 2 is 1.79 bits per heavy atom. The molecule has 106 valence electrons. The maximum atomic E-state index is 8.74. The van der Waals surface area contributed by atoms with Gasteiger partial charge in [-0.2, -0.15) is 13.5 Å². The monoisotopic (exact) mass is 328 g/mol. The van der Waals surface area contributed by atoms with Crippen molar-refractivity contribution in [1.82, 2.24) is 5.43 Å². The predicted octanol–water partition coefficient (Wildman–Crippen LogP) is 1.16. The number of nitrogens with two attached hydrogens (primary N) is 1. The van der Waals surface area contributed by atoms with Gasteiger partial charge in [-0.15, -0.1) is 0 Å². The van der Waals surface area contributed by atoms with Gasteiger partial charge in [0, 0.05) is 5.56 Å². The van der Waals surface area contributed by atoms with E-state index in [1.54, 1.807) is 18.2 Å². The Labute approximate surface area is 119 Å². The number of guanidine groups is 1. The molecule has 1 aromatic carbocycles. The topological polar surface area (TPSA) is 149 Å². The molecule has 11 heteroatoms. The zero-order valence-corrected chi connectivity index (χ0v) is 11.5. The van der Waals surface area contributed by atoms with Crippen LogP contribution in [-0.2, 0) is 10.4 Å². The molecule has 1 aromatic rings. The molecule has 0 unspecified atom stereocenters. The van der Waals surface area contributed by atoms with Gasteiger partial charge in [-0.25, -0.2) is 5.43 Å². The lowest BCUT2D eigenvalue weighted by Gasteiger charge is -2.00. The van der Waals surface area contributed by atoms with Crippen LogP contribution in [0.3, 0.4) is 0 Å². The molecule has 0 aliphatic heterocycles. The second kappa shape index (κ2) is 7.92. The first kappa shape index (κ1) is 17.6. The molecule has 0 spiro atoms. The van der Waals surface area contributed by atoms with E-state index in [0.29, 0.717) is 15.6 Å². The Morgan fingerprint density at radius 3 is 2.16 bits per heavy atom. The van der Waals surface area contributed by atoms with Crippen molar-refractivity contribution < 1.29 is 17.5 Å². The van der Waals surface area contributed by atoms with Crippen LogP contribution in [0.1, 0.15) is 5.56 Å². The standard InChI is InChI=1S/C8H8Cl2N4.H2O4S/c9-6-2-1-3-7(10)5(6)4-13-14-8(11)12;1-5(2,3)4/h1-4H,(H4,11,12,14);(H2,1,2,3,4). The Kier molecular flexibility index (Phi) is 7.34. The number of benzene rings is 1. The van der Waals surface area contributed by atoms with Crippen LogP contribution in [0.25, 0.3) is 0 Å². The van der Waals surface area contributed by atoms with Gasteiger partial charge >= 0.3 is 10.4 Å². The Balaban J connectivity index is 0.000000555. The largest absolute Gasteiger partial charge is 0.394 e. The molecule has 0 heterocycles. The first-order valence-corrected chi connectivity index (χ1v) is 6.53. The van der Waals surface area contributed by atoms with Crippen LogP contribution >= 0.6 is 23.2 Å². The predicted molar refractivity (Wildman–Crippen MR) is 73.3 cm³/mol. The quantitative estimate of drug-likeness (QED) is 0.238. The third-order valence-corrected chi connectivity index (χ3v) is 2.04. The van der Waals surface area contributed by atoms with Crippen LogP contribution in [0.4, 0.5) is 0 Å². The summed E-state index contributed by atoms with van der Waals surface area (Å²) in [6, 6.07) is 5.13. The molecular weight excluding hydrogens is 319 g/mol. The van der Waals surface area contributed by atoms with Crippen LogP contribution in [0.5, 0.6) is 0 Å². The van der Waals surface area contributed by atoms with Crippen molar-refractivity contribution in [2.45, 2.75) is 0 Å². The lowest BCUT2D eigenvalue weighted by molar-refractivity contribution is 0.381. The zero-order valence-electron chi connectivity index (χ0n) is 9.21. The maximum Gasteiger partial charge on any atom is 0.394 e. The first-order valence-electron chi connectivity index (χ1n) is 4.38. The molecule has 1 rings (SSSR count). The van der Waals surface area contributed by atoms with E-state index in [9.17, 15) is 0 Å². The molecule has 0 fully saturated rings. The summed E-state index contributed by atoms with van der Waals surface area (Å²) < 4.78 is 31.6. The fourth-order valence-corrected chi connectivity index (χ4v) is 1.30. The van der Waals surface area contributed by atoms with Crippen LogP contribution < -0.4 is 11.2 Å². The summed E-state index contributed by atoms with van der Waals surface area (Å²) >= 11 is 11.7. The van der Waals surface area contributed by atoms with Gasteiger partial charge in [0.05, 0.1) is 16.3 Å². The van der Waals surface area contributed by atoms with Gasteiger partial charge in [0.25, 0.3) is 0 Å². The van der Waals surface area contributed by atoms with Crippen molar-refractivity contribution in [1.29, 1.82) is 5.41 Å². The highest BCUT2D eigenvalue weighted by Gasteiger charge is 2.01. The summed E-state index contributed by atoms with van der Waals surface area (Å²) in [6.45, 7) is 0. The van der Waals surface area contributed by atoms with Crippen molar-refractivity contribution in [2.24, 2.45) is 10.8 Å². The van der Waals surface area contributed by atoms with Gasteiger partial charge in [-0.1, -0.05) is 29.3 Å². The molecule has 0 saturated carbocycles. The molecule has 19 heavy (non-hydrogen) atoms. The third kappa shape index (κ3) is 10.2. The molecule has 0 bridgehead atoms. The number of hydrogen-bond acceptors (Lipinski definition) is 4. The van der Waals surface area contributed by atoms with E-state index >= 15 is 0 Å². The summed E-state index contributed by atoms with van der Waals surface area (Å²) in [5.74, 6) is -0.246. The van der Waals surface area contributed by atoms with Crippen molar-refractivity contribution in [3.63, 3.8) is 0 Å². The smallest absolute Gasteiger partial charge is 0.369 e. The van der Waals surface area contributed by atoms with Crippen molar-refractivity contribution in [3.8, 4) is 0 Å². The Hall–Kier alpha value is -1.39. The van der Waals surface area contributed by atoms with Crippen molar-refractivity contribution >= 4 is 45.8 Å². The highest BCUT2D eigenvalue weighted by atomic mass is 35.5. The molecule has 8 nitrogen and oxygen atoms in total. The molecule has 0 aliphatic carbocycles. The fourth-order valence-electron chi connectivity index (χ4n) is 0.800. The van der Waals surface area contributed by atoms with E-state index in [4.69, 9.17) is 51.9 Å². The van der Waals surface area contributed by atoms with Gasteiger partial charge in [0.1, 0.15) is 0 Å². The van der Waals surface area contributed by atoms with E-state index in [0.717, 1.165) is 0 Å². The van der Waals surface area contributed by atoms with Crippen LogP contribution in [-0.4, -0.2) is 29.7 Å². The van der Waals surface area contributed by atoms with Gasteiger partial charge in [-0.3, -0.25) is 14.5 Å². The number of hydrazone groups is 1. The van der Waals surface area contributed by atoms with E-state index in [-0.39, 0.29) is 5.96 Å². The lowest BCUT2D eigenvalue weighted by Crippen LogP contribution is -2.25. The Bertz CT molecular complexity index is 548. The minimum Gasteiger partial charge on any atom is -0.369 e. The van der Waals surface area contributed by atoms with Crippen LogP contribution in [0.2, 0.25) is 10.0 Å². The molecule has 0 aromatic heterocycles. The van der Waals surface area contributed by atoms with Crippen LogP contribution in [0, 0.1) is 5.41 Å². The van der Waals surface area contributed by atoms with Crippen molar-refractivity contribution in [2.75, 3.05) is 0 Å². The van der Waals surface area contributed by atoms with E-state index < -0.39 is 10.4 Å². The van der Waals surface area contributed by atoms with E-state index in [1.165, 1.54) is 6.21 Å². The second-order valence-electron chi connectivity index (χ2n) is 2.87. The third-order valence-electron chi connectivity index (χ3n) is 1.38. The number of rotatable bonds is 2. The minimum atomic E-state index is -4.67. The maximum absolute atomic E-state index is 8.74. The normalized spacial score (nSPS) is 10.7. The van der Waals surface area contributed by atoms with Gasteiger partial charge in [0.2, 0.25) is 5.96 Å². The summed E-state index contributed by atoms with van der Waals surface area (Å²) in [7, 11) is -4.67. The summed E-state index contributed by atoms with van der Waals surface area (Å²) in [5, 5.41) is 11.5. The lowest BCUT2D eigenvalue weighted by atomic mass is 10.2. The summed E-state index contributed by atoms with van der Waals surface area (Å²) in [6.07, 6.45) is 1.41. The zero-order chi connectivity index (χ0) is 15.1. The van der Waals surface area contributed by atoms with Gasteiger partial charge < -0.3 is 5.73 Å². The Morgan fingerprint density at radius 1 is 1.37 bits per heavy atom. The second-order valence-corrected chi connectivity index (χ2v) is 4.58. The molecule has 0 aliphatic rings. The van der Waals surface area contributed by atoms with E-state index in [1.807, 2.05) is 0 Å². The fraction of sp³-hybridized carbons (Fsp3) is 0. The summed E-state index contributed by atoms with van der Waals surface area (Å²) in [5.41, 5.74) is 7.87. The SMILES string of the molecule is N=C(N)NN=Cc1c(Cl)cccc1Cl.O=S(=O)(O)O. The molecule has 0 radical (unpaired) electrons. The van der Waals surface area contributed by atoms with Gasteiger partial charge in [-0.05, 0) is 12.1 Å². The molecule has 6 N–H and O–H groups in total. The average Bonchev–Trinajstić information content (AvgIpc) is 2.19. The molecule has 0 atom stereocenters. The summed E-state index contributed by atoms with van der Waals surface area (Å²) in [4.78, 5) is 0. The number of nitrogens with zero attached hydrogens (tertiary/aromatic N) is 1. The molecule has 0 saturated heterocycles. The average molecular weight is 329 g/mol. The highest BCUT2D eigenvalue weighted by molar-refractivity contribution is 7.79. The van der Waals surface area contributed by atoms with E-state index in [2.05, 4.69) is 10.5 Å². The van der Waals surface area contributed by atoms with Gasteiger partial charge in [0.15, 0.2) is 0 Å². The van der Waals surface area contributed by atoms with Crippen molar-refractivity contribution in [3.05, 3.63) is 33.8 Å².